The Balaban J connectivity index is 2.01. The molecule has 0 bridgehead atoms. The summed E-state index contributed by atoms with van der Waals surface area (Å²) in [6.07, 6.45) is 0.142. The zero-order chi connectivity index (χ0) is 14.7. The van der Waals surface area contributed by atoms with E-state index in [-0.39, 0.29) is 18.0 Å². The van der Waals surface area contributed by atoms with Crippen LogP contribution >= 0.6 is 0 Å². The number of non-ortho nitro benzene ring substituents is 1. The quantitative estimate of drug-likeness (QED) is 0.658. The molecule has 0 atom stereocenters. The number of H-pyrrole nitrogens is 1. The first-order chi connectivity index (χ1) is 9.47. The average molecular weight is 274 g/mol. The van der Waals surface area contributed by atoms with Gasteiger partial charge in [-0.2, -0.15) is 5.10 Å². The predicted octanol–water partition coefficient (Wildman–Crippen LogP) is 2.12. The first-order valence-electron chi connectivity index (χ1n) is 6.02. The number of nitrogens with zero attached hydrogens (tertiary/aromatic N) is 2. The van der Waals surface area contributed by atoms with E-state index in [0.717, 1.165) is 11.3 Å². The third kappa shape index (κ3) is 3.00. The molecule has 1 heterocycles. The molecule has 2 N–H and O–H groups in total. The van der Waals surface area contributed by atoms with Crippen LogP contribution in [0.3, 0.4) is 0 Å². The van der Waals surface area contributed by atoms with Gasteiger partial charge < -0.3 is 5.32 Å². The van der Waals surface area contributed by atoms with Gasteiger partial charge in [0.15, 0.2) is 5.82 Å². The minimum absolute atomic E-state index is 0.00734. The van der Waals surface area contributed by atoms with Crippen molar-refractivity contribution in [1.82, 2.24) is 10.2 Å². The summed E-state index contributed by atoms with van der Waals surface area (Å²) < 4.78 is 0. The summed E-state index contributed by atoms with van der Waals surface area (Å²) in [7, 11) is 0. The van der Waals surface area contributed by atoms with Crippen molar-refractivity contribution in [2.24, 2.45) is 0 Å². The summed E-state index contributed by atoms with van der Waals surface area (Å²) in [5, 5.41) is 20.0. The van der Waals surface area contributed by atoms with Crippen molar-refractivity contribution in [2.75, 3.05) is 5.32 Å². The molecule has 7 nitrogen and oxygen atoms in total. The van der Waals surface area contributed by atoms with Crippen LogP contribution < -0.4 is 5.32 Å². The summed E-state index contributed by atoms with van der Waals surface area (Å²) in [5.41, 5.74) is 2.50. The van der Waals surface area contributed by atoms with E-state index < -0.39 is 4.92 Å². The van der Waals surface area contributed by atoms with Crippen molar-refractivity contribution in [1.29, 1.82) is 0 Å². The fraction of sp³-hybridized carbons (Fsp3) is 0.231. The van der Waals surface area contributed by atoms with E-state index in [4.69, 9.17) is 0 Å². The highest BCUT2D eigenvalue weighted by molar-refractivity contribution is 5.92. The Bertz CT molecular complexity index is 646. The van der Waals surface area contributed by atoms with Crippen molar-refractivity contribution >= 4 is 17.4 Å². The molecule has 0 unspecified atom stereocenters. The average Bonchev–Trinajstić information content (AvgIpc) is 2.71. The number of benzene rings is 1. The Labute approximate surface area is 115 Å². The number of hydrogen-bond donors (Lipinski definition) is 2. The molecule has 2 rings (SSSR count). The van der Waals surface area contributed by atoms with Gasteiger partial charge in [-0.15, -0.1) is 0 Å². The minimum atomic E-state index is -0.473. The SMILES string of the molecule is Cc1[nH]nc(NC(=O)Cc2ccc([N+](=O)[O-])cc2)c1C. The first kappa shape index (κ1) is 13.7. The molecule has 0 fully saturated rings. The summed E-state index contributed by atoms with van der Waals surface area (Å²) in [6, 6.07) is 5.90. The van der Waals surface area contributed by atoms with E-state index in [0.29, 0.717) is 11.4 Å². The van der Waals surface area contributed by atoms with Crippen LogP contribution in [0.1, 0.15) is 16.8 Å². The maximum Gasteiger partial charge on any atom is 0.269 e. The van der Waals surface area contributed by atoms with E-state index in [1.807, 2.05) is 13.8 Å². The molecule has 0 aliphatic rings. The Morgan fingerprint density at radius 1 is 1.35 bits per heavy atom. The minimum Gasteiger partial charge on any atom is -0.309 e. The molecule has 0 radical (unpaired) electrons. The Morgan fingerprint density at radius 3 is 2.50 bits per heavy atom. The molecule has 0 saturated heterocycles. The highest BCUT2D eigenvalue weighted by Crippen LogP contribution is 2.15. The lowest BCUT2D eigenvalue weighted by Gasteiger charge is -2.03. The molecule has 7 heteroatoms. The molecule has 1 aromatic heterocycles. The maximum absolute atomic E-state index is 11.9. The second-order valence-corrected chi connectivity index (χ2v) is 4.47. The summed E-state index contributed by atoms with van der Waals surface area (Å²) in [4.78, 5) is 21.9. The molecular formula is C13H14N4O3. The number of carbonyl (C=O) groups is 1. The third-order valence-electron chi connectivity index (χ3n) is 3.02. The molecule has 0 aliphatic carbocycles. The Kier molecular flexibility index (Phi) is 3.79. The van der Waals surface area contributed by atoms with E-state index in [2.05, 4.69) is 15.5 Å². The lowest BCUT2D eigenvalue weighted by Crippen LogP contribution is -2.15. The molecule has 20 heavy (non-hydrogen) atoms. The second-order valence-electron chi connectivity index (χ2n) is 4.47. The molecule has 1 aromatic carbocycles. The number of aryl methyl sites for hydroxylation is 1. The molecule has 2 aromatic rings. The maximum atomic E-state index is 11.9. The van der Waals surface area contributed by atoms with E-state index >= 15 is 0 Å². The molecule has 0 aliphatic heterocycles. The molecular weight excluding hydrogens is 260 g/mol. The Hall–Kier alpha value is -2.70. The van der Waals surface area contributed by atoms with Gasteiger partial charge in [0.05, 0.1) is 11.3 Å². The van der Waals surface area contributed by atoms with E-state index in [9.17, 15) is 14.9 Å². The van der Waals surface area contributed by atoms with E-state index in [1.165, 1.54) is 12.1 Å². The van der Waals surface area contributed by atoms with Gasteiger partial charge >= 0.3 is 0 Å². The van der Waals surface area contributed by atoms with Gasteiger partial charge in [0.1, 0.15) is 0 Å². The number of nitro benzene ring substituents is 1. The fourth-order valence-corrected chi connectivity index (χ4v) is 1.70. The molecule has 0 spiro atoms. The van der Waals surface area contributed by atoms with Crippen LogP contribution in [0.15, 0.2) is 24.3 Å². The molecule has 104 valence electrons. The van der Waals surface area contributed by atoms with Crippen molar-refractivity contribution in [2.45, 2.75) is 20.3 Å². The number of anilines is 1. The van der Waals surface area contributed by atoms with E-state index in [1.54, 1.807) is 12.1 Å². The number of nitrogens with one attached hydrogen (secondary N) is 2. The van der Waals surface area contributed by atoms with Gasteiger partial charge in [-0.1, -0.05) is 12.1 Å². The lowest BCUT2D eigenvalue weighted by molar-refractivity contribution is -0.384. The number of amides is 1. The number of rotatable bonds is 4. The highest BCUT2D eigenvalue weighted by atomic mass is 16.6. The molecule has 0 saturated carbocycles. The van der Waals surface area contributed by atoms with Crippen LogP contribution in [-0.4, -0.2) is 21.0 Å². The van der Waals surface area contributed by atoms with Crippen molar-refractivity contribution < 1.29 is 9.72 Å². The zero-order valence-electron chi connectivity index (χ0n) is 11.1. The van der Waals surface area contributed by atoms with Gasteiger partial charge in [0.2, 0.25) is 5.91 Å². The van der Waals surface area contributed by atoms with Gasteiger partial charge in [-0.25, -0.2) is 0 Å². The van der Waals surface area contributed by atoms with Crippen molar-refractivity contribution in [3.05, 3.63) is 51.2 Å². The smallest absolute Gasteiger partial charge is 0.269 e. The summed E-state index contributed by atoms with van der Waals surface area (Å²) in [6.45, 7) is 3.73. The summed E-state index contributed by atoms with van der Waals surface area (Å²) in [5.74, 6) is 0.294. The number of aromatic amines is 1. The highest BCUT2D eigenvalue weighted by Gasteiger charge is 2.11. The predicted molar refractivity (Wildman–Crippen MR) is 73.5 cm³/mol. The molecule has 1 amide bonds. The standard InChI is InChI=1S/C13H14N4O3/c1-8-9(2)15-16-13(8)14-12(18)7-10-3-5-11(6-4-10)17(19)20/h3-6H,7H2,1-2H3,(H2,14,15,16,18). The van der Waals surface area contributed by atoms with Crippen molar-refractivity contribution in [3.8, 4) is 0 Å². The zero-order valence-corrected chi connectivity index (χ0v) is 11.1. The first-order valence-corrected chi connectivity index (χ1v) is 6.02. The topological polar surface area (TPSA) is 101 Å². The number of nitro groups is 1. The normalized spacial score (nSPS) is 10.3. The van der Waals surface area contributed by atoms with Crippen LogP contribution in [-0.2, 0) is 11.2 Å². The van der Waals surface area contributed by atoms with Crippen molar-refractivity contribution in [3.63, 3.8) is 0 Å². The van der Waals surface area contributed by atoms with Crippen LogP contribution in [0, 0.1) is 24.0 Å². The number of carbonyl (C=O) groups excluding carboxylic acids is 1. The lowest BCUT2D eigenvalue weighted by atomic mass is 10.1. The Morgan fingerprint density at radius 2 is 2.00 bits per heavy atom. The second kappa shape index (κ2) is 5.52. The van der Waals surface area contributed by atoms with Crippen LogP contribution in [0.5, 0.6) is 0 Å². The van der Waals surface area contributed by atoms with Gasteiger partial charge in [0.25, 0.3) is 5.69 Å². The summed E-state index contributed by atoms with van der Waals surface area (Å²) >= 11 is 0. The van der Waals surface area contributed by atoms with Crippen LogP contribution in [0.2, 0.25) is 0 Å². The largest absolute Gasteiger partial charge is 0.309 e. The van der Waals surface area contributed by atoms with Crippen LogP contribution in [0.4, 0.5) is 11.5 Å². The number of hydrogen-bond acceptors (Lipinski definition) is 4. The van der Waals surface area contributed by atoms with Crippen LogP contribution in [0.25, 0.3) is 0 Å². The third-order valence-corrected chi connectivity index (χ3v) is 3.02. The van der Waals surface area contributed by atoms with Gasteiger partial charge in [-0.3, -0.25) is 20.0 Å². The monoisotopic (exact) mass is 274 g/mol. The van der Waals surface area contributed by atoms with Gasteiger partial charge in [0, 0.05) is 23.4 Å². The fourth-order valence-electron chi connectivity index (χ4n) is 1.70. The number of aromatic nitrogens is 2. The van der Waals surface area contributed by atoms with Gasteiger partial charge in [-0.05, 0) is 19.4 Å².